The van der Waals surface area contributed by atoms with Gasteiger partial charge in [0, 0.05) is 38.2 Å². The fraction of sp³-hybridized carbons (Fsp3) is 1.00. The van der Waals surface area contributed by atoms with Crippen molar-refractivity contribution in [2.75, 3.05) is 38.2 Å². The van der Waals surface area contributed by atoms with Crippen molar-refractivity contribution >= 4 is 30.4 Å². The van der Waals surface area contributed by atoms with Gasteiger partial charge in [-0.25, -0.2) is 0 Å². The van der Waals surface area contributed by atoms with Gasteiger partial charge in [0.05, 0.1) is 0 Å². The molecule has 0 heterocycles. The molecule has 0 bridgehead atoms. The number of nitrogens with zero attached hydrogens (tertiary/aromatic N) is 2. The van der Waals surface area contributed by atoms with Crippen LogP contribution in [0.25, 0.3) is 0 Å². The maximum atomic E-state index is 10.7. The summed E-state index contributed by atoms with van der Waals surface area (Å²) in [6.07, 6.45) is -5.63. The molecule has 0 N–H and O–H groups in total. The molecular formula is C6H17N2O12P4Sm. The molecule has 0 fully saturated rings. The molecule has 0 spiro atoms. The first-order valence-electron chi connectivity index (χ1n) is 5.85. The van der Waals surface area contributed by atoms with E-state index in [1.54, 1.807) is 0 Å². The van der Waals surface area contributed by atoms with Crippen LogP contribution in [0.2, 0.25) is 0 Å². The average molecular weight is 583 g/mol. The van der Waals surface area contributed by atoms with E-state index in [2.05, 4.69) is 0 Å². The van der Waals surface area contributed by atoms with E-state index >= 15 is 0 Å². The Morgan fingerprint density at radius 3 is 0.800 bits per heavy atom. The zero-order valence-electron chi connectivity index (χ0n) is 17.2. The maximum Gasteiger partial charge on any atom is 3.00 e. The molecule has 0 aliphatic rings. The Kier molecular flexibility index (Phi) is 13.0. The van der Waals surface area contributed by atoms with E-state index in [0.29, 0.717) is 9.80 Å². The first-order valence-corrected chi connectivity index (χ1v) is 12.8. The third-order valence-electron chi connectivity index (χ3n) is 2.23. The van der Waals surface area contributed by atoms with Gasteiger partial charge in [-0.1, -0.05) is 30.4 Å². The summed E-state index contributed by atoms with van der Waals surface area (Å²) in [5, 5.41) is 0. The SMILES string of the molecule is O=P([O-])([O-])CN(CCN(CP(=O)([O-])[O-])CP(=O)([O-])[O-])CP(=O)([O-])[O-].[H+].[H+].[H+].[H+].[H+].[Sm+3]. The molecule has 0 aliphatic carbocycles. The summed E-state index contributed by atoms with van der Waals surface area (Å²) in [5.41, 5.74) is 0. The molecule has 25 heavy (non-hydrogen) atoms. The third kappa shape index (κ3) is 20.4. The predicted octanol–water partition coefficient (Wildman–Crippen LogP) is -6.36. The van der Waals surface area contributed by atoms with Crippen LogP contribution in [0.3, 0.4) is 0 Å². The Hall–Kier alpha value is 1.86. The minimum absolute atomic E-state index is 0. The minimum atomic E-state index is -5.30. The van der Waals surface area contributed by atoms with Crippen molar-refractivity contribution in [3.8, 4) is 0 Å². The molecule has 1 radical (unpaired) electrons. The van der Waals surface area contributed by atoms with Gasteiger partial charge in [0.15, 0.2) is 0 Å². The van der Waals surface area contributed by atoms with Gasteiger partial charge in [-0.3, -0.25) is 9.80 Å². The number of rotatable bonds is 11. The largest absolute Gasteiger partial charge is 3.00 e. The molecule has 0 aromatic heterocycles. The quantitative estimate of drug-likeness (QED) is 0.205. The topological polar surface area (TPSA) is 259 Å². The summed E-state index contributed by atoms with van der Waals surface area (Å²) in [7, 11) is -21.2. The minimum Gasteiger partial charge on any atom is -0.810 e. The van der Waals surface area contributed by atoms with Crippen molar-refractivity contribution in [2.45, 2.75) is 0 Å². The molecule has 0 atom stereocenters. The van der Waals surface area contributed by atoms with E-state index in [4.69, 9.17) is 0 Å². The van der Waals surface area contributed by atoms with Gasteiger partial charge in [-0.15, -0.1) is 0 Å². The van der Waals surface area contributed by atoms with Crippen LogP contribution in [0.1, 0.15) is 7.13 Å². The van der Waals surface area contributed by atoms with Gasteiger partial charge in [-0.05, 0) is 0 Å². The fourth-order valence-electron chi connectivity index (χ4n) is 1.63. The second-order valence-electron chi connectivity index (χ2n) is 4.80. The Morgan fingerprint density at radius 2 is 0.680 bits per heavy atom. The van der Waals surface area contributed by atoms with E-state index in [9.17, 15) is 57.4 Å². The van der Waals surface area contributed by atoms with E-state index < -0.39 is 68.6 Å². The molecule has 0 rings (SSSR count). The van der Waals surface area contributed by atoms with Crippen LogP contribution in [0.15, 0.2) is 0 Å². The third-order valence-corrected chi connectivity index (χ3v) is 5.21. The Morgan fingerprint density at radius 1 is 0.520 bits per heavy atom. The van der Waals surface area contributed by atoms with Gasteiger partial charge < -0.3 is 57.4 Å². The monoisotopic (exact) mass is 585 g/mol. The van der Waals surface area contributed by atoms with Crippen molar-refractivity contribution in [1.82, 2.24) is 9.80 Å². The molecule has 14 nitrogen and oxygen atoms in total. The molecule has 0 aliphatic heterocycles. The molecule has 0 saturated heterocycles. The smallest absolute Gasteiger partial charge is 0.810 e. The standard InChI is InChI=1S/C6H20N2O12P4.Sm/c9-21(10,11)3-7(4-22(12,13)14)1-2-8(5-23(15,16)17)6-24(18,19)20;/h1-6H2,(H2,9,10,11)(H2,12,13,14)(H2,15,16,17)(H2,18,19,20);/q;+3/p-3. The van der Waals surface area contributed by atoms with Gasteiger partial charge in [0.1, 0.15) is 0 Å². The van der Waals surface area contributed by atoms with Crippen LogP contribution in [-0.2, 0) is 18.3 Å². The van der Waals surface area contributed by atoms with E-state index in [1.807, 2.05) is 0 Å². The van der Waals surface area contributed by atoms with Crippen LogP contribution in [0.5, 0.6) is 0 Å². The summed E-state index contributed by atoms with van der Waals surface area (Å²) in [6.45, 7) is -1.55. The summed E-state index contributed by atoms with van der Waals surface area (Å²) in [4.78, 5) is 85.9. The average Bonchev–Trinajstić information content (AvgIpc) is 2.16. The van der Waals surface area contributed by atoms with Crippen molar-refractivity contribution in [1.29, 1.82) is 0 Å². The number of hydrogen-bond donors (Lipinski definition) is 0. The van der Waals surface area contributed by atoms with E-state index in [0.717, 1.165) is 0 Å². The Labute approximate surface area is 182 Å². The molecule has 19 heteroatoms. The van der Waals surface area contributed by atoms with E-state index in [1.165, 1.54) is 0 Å². The summed E-state index contributed by atoms with van der Waals surface area (Å²) in [6, 6.07) is 0. The zero-order valence-corrected chi connectivity index (χ0v) is 18.4. The first kappa shape index (κ1) is 29.1. The van der Waals surface area contributed by atoms with Gasteiger partial charge in [0.2, 0.25) is 0 Å². The summed E-state index contributed by atoms with van der Waals surface area (Å²) in [5.74, 6) is 0. The second-order valence-corrected chi connectivity index (χ2v) is 10.8. The maximum absolute atomic E-state index is 10.7. The van der Waals surface area contributed by atoms with Crippen LogP contribution in [0, 0.1) is 40.4 Å². The van der Waals surface area contributed by atoms with E-state index in [-0.39, 0.29) is 47.5 Å². The molecule has 149 valence electrons. The molecule has 0 saturated carbocycles. The first-order chi connectivity index (χ1) is 10.4. The van der Waals surface area contributed by atoms with Crippen molar-refractivity contribution in [3.05, 3.63) is 0 Å². The zero-order chi connectivity index (χ0) is 19.4. The predicted molar refractivity (Wildman–Crippen MR) is 68.9 cm³/mol. The normalized spacial score (nSPS) is 14.0. The van der Waals surface area contributed by atoms with Gasteiger partial charge in [-0.2, -0.15) is 0 Å². The molecule has 0 unspecified atom stereocenters. The van der Waals surface area contributed by atoms with Crippen molar-refractivity contribution in [2.24, 2.45) is 0 Å². The number of hydrogen-bond acceptors (Lipinski definition) is 14. The van der Waals surface area contributed by atoms with Crippen molar-refractivity contribution in [3.63, 3.8) is 0 Å². The van der Waals surface area contributed by atoms with Crippen molar-refractivity contribution < 1.29 is 105 Å². The van der Waals surface area contributed by atoms with Gasteiger partial charge in [0.25, 0.3) is 0 Å². The van der Waals surface area contributed by atoms with Gasteiger partial charge >= 0.3 is 47.5 Å². The van der Waals surface area contributed by atoms with Crippen LogP contribution >= 0.6 is 30.4 Å². The molecule has 0 aromatic carbocycles. The second kappa shape index (κ2) is 11.1. The Balaban J connectivity index is -0.000000176. The Bertz CT molecular complexity index is 512. The molecular weight excluding hydrogens is 566 g/mol. The molecule has 0 aromatic rings. The summed E-state index contributed by atoms with van der Waals surface area (Å²) < 4.78 is 42.7. The van der Waals surface area contributed by atoms with Crippen LogP contribution in [0.4, 0.5) is 0 Å². The molecule has 0 amide bonds. The fourth-order valence-corrected chi connectivity index (χ4v) is 4.88. The van der Waals surface area contributed by atoms with Crippen LogP contribution in [-0.4, -0.2) is 48.0 Å². The summed E-state index contributed by atoms with van der Waals surface area (Å²) >= 11 is 0. The van der Waals surface area contributed by atoms with Crippen LogP contribution < -0.4 is 39.1 Å².